The van der Waals surface area contributed by atoms with Gasteiger partial charge >= 0.3 is 0 Å². The Morgan fingerprint density at radius 1 is 1.06 bits per heavy atom. The number of furan rings is 1. The second-order valence-corrected chi connectivity index (χ2v) is 7.49. The van der Waals surface area contributed by atoms with E-state index in [4.69, 9.17) is 4.42 Å². The molecule has 4 rings (SSSR count). The summed E-state index contributed by atoms with van der Waals surface area (Å²) in [6, 6.07) is 14.5. The quantitative estimate of drug-likeness (QED) is 0.513. The number of anilines is 1. The lowest BCUT2D eigenvalue weighted by Gasteiger charge is -2.19. The Morgan fingerprint density at radius 2 is 1.84 bits per heavy atom. The van der Waals surface area contributed by atoms with Gasteiger partial charge in [0.1, 0.15) is 11.3 Å². The average molecular weight is 413 g/mol. The normalized spacial score (nSPS) is 10.8. The van der Waals surface area contributed by atoms with Gasteiger partial charge in [0.2, 0.25) is 0 Å². The third-order valence-electron chi connectivity index (χ3n) is 5.44. The fraction of sp³-hybridized carbons (Fsp3) is 0.160. The molecule has 1 amide bonds. The first kappa shape index (κ1) is 20.3. The van der Waals surface area contributed by atoms with Crippen molar-refractivity contribution in [3.05, 3.63) is 105 Å². The summed E-state index contributed by atoms with van der Waals surface area (Å²) in [6.45, 7) is 6.23. The highest BCUT2D eigenvalue weighted by Crippen LogP contribution is 2.26. The molecule has 0 aliphatic carbocycles. The molecular formula is C25H23N3O3. The first-order chi connectivity index (χ1) is 15.0. The van der Waals surface area contributed by atoms with Crippen molar-refractivity contribution in [2.45, 2.75) is 27.3 Å². The average Bonchev–Trinajstić information content (AvgIpc) is 3.28. The molecule has 3 heterocycles. The summed E-state index contributed by atoms with van der Waals surface area (Å²) in [5.74, 6) is -0.00505. The van der Waals surface area contributed by atoms with E-state index < -0.39 is 5.91 Å². The number of rotatable bonds is 5. The molecule has 0 aliphatic rings. The summed E-state index contributed by atoms with van der Waals surface area (Å²) in [6.07, 6.45) is 4.97. The number of benzene rings is 1. The molecule has 31 heavy (non-hydrogen) atoms. The molecule has 1 aromatic carbocycles. The number of aryl methyl sites for hydroxylation is 2. The Hall–Kier alpha value is -3.93. The highest BCUT2D eigenvalue weighted by Gasteiger charge is 2.24. The van der Waals surface area contributed by atoms with Crippen LogP contribution in [0.25, 0.3) is 11.5 Å². The van der Waals surface area contributed by atoms with Crippen LogP contribution in [-0.4, -0.2) is 15.5 Å². The topological polar surface area (TPSA) is 77.1 Å². The standard InChI is InChI=1S/C25H23N3O3/c1-16-6-4-7-20(18(16)3)27-25(30)23-21(29)14-17(2)28(15-19-9-11-26-12-10-19)24(23)22-8-5-13-31-22/h4-14H,15H2,1-3H3,(H,27,30). The largest absolute Gasteiger partial charge is 0.463 e. The van der Waals surface area contributed by atoms with Gasteiger partial charge in [0.05, 0.1) is 6.26 Å². The third-order valence-corrected chi connectivity index (χ3v) is 5.44. The fourth-order valence-corrected chi connectivity index (χ4v) is 3.60. The van der Waals surface area contributed by atoms with Gasteiger partial charge < -0.3 is 14.3 Å². The van der Waals surface area contributed by atoms with Crippen LogP contribution in [0.4, 0.5) is 5.69 Å². The van der Waals surface area contributed by atoms with Crippen LogP contribution in [0.15, 0.2) is 76.4 Å². The molecule has 0 spiro atoms. The molecule has 0 unspecified atom stereocenters. The van der Waals surface area contributed by atoms with Gasteiger partial charge in [-0.3, -0.25) is 14.6 Å². The van der Waals surface area contributed by atoms with Crippen LogP contribution in [0.3, 0.4) is 0 Å². The van der Waals surface area contributed by atoms with Gasteiger partial charge in [-0.1, -0.05) is 12.1 Å². The molecule has 0 atom stereocenters. The zero-order valence-electron chi connectivity index (χ0n) is 17.7. The van der Waals surface area contributed by atoms with Gasteiger partial charge in [-0.15, -0.1) is 0 Å². The molecule has 0 aliphatic heterocycles. The molecule has 6 heteroatoms. The van der Waals surface area contributed by atoms with E-state index in [1.54, 1.807) is 24.5 Å². The lowest BCUT2D eigenvalue weighted by molar-refractivity contribution is 0.102. The summed E-state index contributed by atoms with van der Waals surface area (Å²) >= 11 is 0. The molecule has 0 saturated heterocycles. The molecule has 0 radical (unpaired) electrons. The van der Waals surface area contributed by atoms with Crippen molar-refractivity contribution < 1.29 is 9.21 Å². The summed E-state index contributed by atoms with van der Waals surface area (Å²) in [5, 5.41) is 2.92. The molecule has 0 saturated carbocycles. The smallest absolute Gasteiger partial charge is 0.261 e. The lowest BCUT2D eigenvalue weighted by atomic mass is 10.1. The van der Waals surface area contributed by atoms with Crippen molar-refractivity contribution in [2.24, 2.45) is 0 Å². The Kier molecular flexibility index (Phi) is 5.54. The number of hydrogen-bond donors (Lipinski definition) is 1. The summed E-state index contributed by atoms with van der Waals surface area (Å²) in [5.41, 5.74) is 4.58. The zero-order chi connectivity index (χ0) is 22.0. The number of amides is 1. The van der Waals surface area contributed by atoms with Crippen molar-refractivity contribution >= 4 is 11.6 Å². The highest BCUT2D eigenvalue weighted by atomic mass is 16.3. The van der Waals surface area contributed by atoms with E-state index in [1.165, 1.54) is 12.3 Å². The van der Waals surface area contributed by atoms with Crippen molar-refractivity contribution in [3.63, 3.8) is 0 Å². The first-order valence-electron chi connectivity index (χ1n) is 10.0. The third kappa shape index (κ3) is 4.05. The predicted octanol–water partition coefficient (Wildman–Crippen LogP) is 4.73. The first-order valence-corrected chi connectivity index (χ1v) is 10.0. The van der Waals surface area contributed by atoms with Crippen molar-refractivity contribution in [2.75, 3.05) is 5.32 Å². The molecule has 4 aromatic rings. The van der Waals surface area contributed by atoms with Crippen molar-refractivity contribution in [1.29, 1.82) is 0 Å². The minimum Gasteiger partial charge on any atom is -0.463 e. The minimum absolute atomic E-state index is 0.0514. The van der Waals surface area contributed by atoms with E-state index in [0.717, 1.165) is 22.4 Å². The van der Waals surface area contributed by atoms with E-state index >= 15 is 0 Å². The maximum absolute atomic E-state index is 13.4. The van der Waals surface area contributed by atoms with Crippen LogP contribution in [0.5, 0.6) is 0 Å². The predicted molar refractivity (Wildman–Crippen MR) is 120 cm³/mol. The summed E-state index contributed by atoms with van der Waals surface area (Å²) in [7, 11) is 0. The highest BCUT2D eigenvalue weighted by molar-refractivity contribution is 6.08. The number of carbonyl (C=O) groups excluding carboxylic acids is 1. The van der Waals surface area contributed by atoms with Gasteiger partial charge in [-0.2, -0.15) is 0 Å². The maximum atomic E-state index is 13.4. The van der Waals surface area contributed by atoms with Crippen LogP contribution < -0.4 is 10.7 Å². The van der Waals surface area contributed by atoms with E-state index in [1.807, 2.05) is 55.7 Å². The molecule has 1 N–H and O–H groups in total. The maximum Gasteiger partial charge on any atom is 0.261 e. The monoisotopic (exact) mass is 413 g/mol. The van der Waals surface area contributed by atoms with Crippen molar-refractivity contribution in [1.82, 2.24) is 9.55 Å². The minimum atomic E-state index is -0.464. The molecule has 0 fully saturated rings. The Morgan fingerprint density at radius 3 is 2.55 bits per heavy atom. The van der Waals surface area contributed by atoms with Crippen LogP contribution >= 0.6 is 0 Å². The van der Waals surface area contributed by atoms with Crippen LogP contribution in [0.1, 0.15) is 32.7 Å². The van der Waals surface area contributed by atoms with E-state index in [9.17, 15) is 9.59 Å². The number of nitrogens with zero attached hydrogens (tertiary/aromatic N) is 2. The van der Waals surface area contributed by atoms with Gasteiger partial charge in [-0.05, 0) is 67.8 Å². The zero-order valence-corrected chi connectivity index (χ0v) is 17.7. The number of hydrogen-bond acceptors (Lipinski definition) is 4. The van der Waals surface area contributed by atoms with E-state index in [0.29, 0.717) is 23.7 Å². The van der Waals surface area contributed by atoms with Crippen LogP contribution in [0.2, 0.25) is 0 Å². The second kappa shape index (κ2) is 8.44. The number of carbonyl (C=O) groups is 1. The Balaban J connectivity index is 1.87. The summed E-state index contributed by atoms with van der Waals surface area (Å²) in [4.78, 5) is 30.4. The molecule has 6 nitrogen and oxygen atoms in total. The van der Waals surface area contributed by atoms with E-state index in [2.05, 4.69) is 10.3 Å². The molecular weight excluding hydrogens is 390 g/mol. The molecule has 3 aromatic heterocycles. The molecule has 156 valence electrons. The number of nitrogens with one attached hydrogen (secondary N) is 1. The van der Waals surface area contributed by atoms with Crippen LogP contribution in [-0.2, 0) is 6.54 Å². The number of aromatic nitrogens is 2. The van der Waals surface area contributed by atoms with Gasteiger partial charge in [-0.25, -0.2) is 0 Å². The van der Waals surface area contributed by atoms with Gasteiger partial charge in [0.25, 0.3) is 5.91 Å². The Bertz CT molecular complexity index is 1290. The summed E-state index contributed by atoms with van der Waals surface area (Å²) < 4.78 is 7.56. The fourth-order valence-electron chi connectivity index (χ4n) is 3.60. The number of pyridine rings is 2. The Labute approximate surface area is 180 Å². The lowest BCUT2D eigenvalue weighted by Crippen LogP contribution is -2.27. The van der Waals surface area contributed by atoms with Gasteiger partial charge in [0.15, 0.2) is 11.2 Å². The molecule has 0 bridgehead atoms. The van der Waals surface area contributed by atoms with Crippen molar-refractivity contribution in [3.8, 4) is 11.5 Å². The van der Waals surface area contributed by atoms with Gasteiger partial charge in [0, 0.05) is 36.4 Å². The van der Waals surface area contributed by atoms with Crippen LogP contribution in [0, 0.1) is 20.8 Å². The second-order valence-electron chi connectivity index (χ2n) is 7.49. The van der Waals surface area contributed by atoms with E-state index in [-0.39, 0.29) is 11.0 Å². The SMILES string of the molecule is Cc1cccc(NC(=O)c2c(-c3ccco3)n(Cc3ccncc3)c(C)cc2=O)c1C.